The second-order valence-electron chi connectivity index (χ2n) is 7.81. The lowest BCUT2D eigenvalue weighted by Gasteiger charge is -2.28. The van der Waals surface area contributed by atoms with Crippen molar-refractivity contribution in [3.63, 3.8) is 0 Å². The number of aromatic nitrogens is 2. The highest BCUT2D eigenvalue weighted by Crippen LogP contribution is 2.29. The third-order valence-corrected chi connectivity index (χ3v) is 6.80. The molecule has 4 rings (SSSR count). The topological polar surface area (TPSA) is 55.2 Å². The van der Waals surface area contributed by atoms with Crippen LogP contribution in [0.3, 0.4) is 0 Å². The highest BCUT2D eigenvalue weighted by Gasteiger charge is 2.31. The monoisotopic (exact) mass is 385 g/mol. The molecule has 1 atom stereocenters. The van der Waals surface area contributed by atoms with E-state index in [1.165, 1.54) is 32.1 Å². The molecule has 144 valence electrons. The van der Waals surface area contributed by atoms with Crippen molar-refractivity contribution in [3.8, 4) is 10.6 Å². The van der Waals surface area contributed by atoms with Gasteiger partial charge in [-0.2, -0.15) is 5.10 Å². The molecular formula is C21H27N3O2S. The van der Waals surface area contributed by atoms with Crippen molar-refractivity contribution in [1.29, 1.82) is 0 Å². The standard InChI is InChI=1S/C21H27N3O2S/c25-20-11-10-18(19-9-5-13-27-19)22-24(20)15-17-8-4-12-23(17)21(26)14-16-6-2-1-3-7-16/h5,9-11,13,16-17H,1-4,6-8,12,14-15H2/t17-/m1/s1. The number of thiophene rings is 1. The van der Waals surface area contributed by atoms with E-state index in [0.717, 1.165) is 30.0 Å². The Labute approximate surface area is 164 Å². The number of hydrogen-bond acceptors (Lipinski definition) is 4. The van der Waals surface area contributed by atoms with Gasteiger partial charge in [-0.1, -0.05) is 25.3 Å². The predicted molar refractivity (Wildman–Crippen MR) is 108 cm³/mol. The molecule has 1 amide bonds. The summed E-state index contributed by atoms with van der Waals surface area (Å²) in [5.74, 6) is 0.822. The number of hydrogen-bond donors (Lipinski definition) is 0. The van der Waals surface area contributed by atoms with Gasteiger partial charge >= 0.3 is 0 Å². The molecule has 1 saturated carbocycles. The zero-order chi connectivity index (χ0) is 18.6. The molecule has 2 aromatic heterocycles. The van der Waals surface area contributed by atoms with Gasteiger partial charge in [0.2, 0.25) is 5.91 Å². The molecule has 0 aromatic carbocycles. The molecule has 2 aliphatic rings. The molecular weight excluding hydrogens is 358 g/mol. The van der Waals surface area contributed by atoms with Crippen LogP contribution >= 0.6 is 11.3 Å². The average molecular weight is 386 g/mol. The summed E-state index contributed by atoms with van der Waals surface area (Å²) in [6, 6.07) is 7.46. The van der Waals surface area contributed by atoms with E-state index in [9.17, 15) is 9.59 Å². The molecule has 2 fully saturated rings. The van der Waals surface area contributed by atoms with Gasteiger partial charge < -0.3 is 4.90 Å². The molecule has 5 nitrogen and oxygen atoms in total. The fraction of sp³-hybridized carbons (Fsp3) is 0.571. The normalized spacial score (nSPS) is 20.9. The van der Waals surface area contributed by atoms with Crippen molar-refractivity contribution in [2.45, 2.75) is 64.0 Å². The fourth-order valence-electron chi connectivity index (χ4n) is 4.44. The lowest BCUT2D eigenvalue weighted by Crippen LogP contribution is -2.41. The van der Waals surface area contributed by atoms with Gasteiger partial charge in [0.1, 0.15) is 5.69 Å². The van der Waals surface area contributed by atoms with Crippen molar-refractivity contribution >= 4 is 17.2 Å². The van der Waals surface area contributed by atoms with E-state index in [0.29, 0.717) is 18.9 Å². The van der Waals surface area contributed by atoms with Crippen molar-refractivity contribution in [2.75, 3.05) is 6.54 Å². The number of rotatable bonds is 5. The smallest absolute Gasteiger partial charge is 0.266 e. The number of carbonyl (C=O) groups excluding carboxylic acids is 1. The van der Waals surface area contributed by atoms with Gasteiger partial charge in [0, 0.05) is 19.0 Å². The van der Waals surface area contributed by atoms with Crippen LogP contribution in [0.1, 0.15) is 51.4 Å². The second-order valence-corrected chi connectivity index (χ2v) is 8.76. The Morgan fingerprint density at radius 2 is 1.96 bits per heavy atom. The van der Waals surface area contributed by atoms with E-state index >= 15 is 0 Å². The van der Waals surface area contributed by atoms with Crippen LogP contribution in [0.25, 0.3) is 10.6 Å². The molecule has 1 aliphatic heterocycles. The first-order valence-corrected chi connectivity index (χ1v) is 11.0. The van der Waals surface area contributed by atoms with Crippen molar-refractivity contribution < 1.29 is 4.79 Å². The van der Waals surface area contributed by atoms with Gasteiger partial charge in [0.15, 0.2) is 0 Å². The maximum absolute atomic E-state index is 12.9. The van der Waals surface area contributed by atoms with Crippen LogP contribution in [0.5, 0.6) is 0 Å². The van der Waals surface area contributed by atoms with Gasteiger partial charge in [-0.25, -0.2) is 4.68 Å². The molecule has 2 aromatic rings. The van der Waals surface area contributed by atoms with E-state index in [-0.39, 0.29) is 17.5 Å². The van der Waals surface area contributed by atoms with Crippen LogP contribution in [0.2, 0.25) is 0 Å². The highest BCUT2D eigenvalue weighted by atomic mass is 32.1. The summed E-state index contributed by atoms with van der Waals surface area (Å²) in [4.78, 5) is 28.3. The Kier molecular flexibility index (Phi) is 5.72. The number of carbonyl (C=O) groups is 1. The lowest BCUT2D eigenvalue weighted by molar-refractivity contribution is -0.133. The van der Waals surface area contributed by atoms with Crippen LogP contribution in [0, 0.1) is 5.92 Å². The van der Waals surface area contributed by atoms with Gasteiger partial charge in [0.25, 0.3) is 5.56 Å². The molecule has 1 saturated heterocycles. The first-order chi connectivity index (χ1) is 13.2. The molecule has 0 bridgehead atoms. The maximum atomic E-state index is 12.9. The SMILES string of the molecule is O=C(CC1CCCCC1)N1CCC[C@@H]1Cn1nc(-c2cccs2)ccc1=O. The quantitative estimate of drug-likeness (QED) is 0.783. The molecule has 0 unspecified atom stereocenters. The van der Waals surface area contributed by atoms with Crippen LogP contribution in [-0.4, -0.2) is 33.2 Å². The minimum absolute atomic E-state index is 0.0878. The minimum Gasteiger partial charge on any atom is -0.338 e. The Hall–Kier alpha value is -1.95. The van der Waals surface area contributed by atoms with Crippen LogP contribution in [-0.2, 0) is 11.3 Å². The second kappa shape index (κ2) is 8.38. The molecule has 0 N–H and O–H groups in total. The van der Waals surface area contributed by atoms with Gasteiger partial charge in [-0.05, 0) is 49.1 Å². The van der Waals surface area contributed by atoms with E-state index in [1.807, 2.05) is 22.4 Å². The first kappa shape index (κ1) is 18.4. The van der Waals surface area contributed by atoms with Crippen LogP contribution in [0.15, 0.2) is 34.4 Å². The summed E-state index contributed by atoms with van der Waals surface area (Å²) >= 11 is 1.62. The largest absolute Gasteiger partial charge is 0.338 e. The summed E-state index contributed by atoms with van der Waals surface area (Å²) in [6.45, 7) is 1.31. The Morgan fingerprint density at radius 1 is 1.11 bits per heavy atom. The molecule has 0 spiro atoms. The van der Waals surface area contributed by atoms with E-state index in [4.69, 9.17) is 0 Å². The summed E-state index contributed by atoms with van der Waals surface area (Å²) in [6.07, 6.45) is 8.85. The van der Waals surface area contributed by atoms with Crippen molar-refractivity contribution in [1.82, 2.24) is 14.7 Å². The van der Waals surface area contributed by atoms with Crippen LogP contribution in [0.4, 0.5) is 0 Å². The summed E-state index contributed by atoms with van der Waals surface area (Å²) in [5, 5.41) is 6.57. The molecule has 1 aliphatic carbocycles. The molecule has 0 radical (unpaired) electrons. The first-order valence-electron chi connectivity index (χ1n) is 10.1. The van der Waals surface area contributed by atoms with E-state index in [1.54, 1.807) is 28.2 Å². The number of amides is 1. The van der Waals surface area contributed by atoms with E-state index in [2.05, 4.69) is 5.10 Å². The minimum atomic E-state index is -0.0955. The summed E-state index contributed by atoms with van der Waals surface area (Å²) < 4.78 is 1.55. The number of nitrogens with zero attached hydrogens (tertiary/aromatic N) is 3. The summed E-state index contributed by atoms with van der Waals surface area (Å²) in [5.41, 5.74) is 0.726. The Bertz CT molecular complexity index is 824. The van der Waals surface area contributed by atoms with E-state index < -0.39 is 0 Å². The number of likely N-dealkylation sites (tertiary alicyclic amines) is 1. The van der Waals surface area contributed by atoms with Gasteiger partial charge in [0.05, 0.1) is 17.5 Å². The molecule has 3 heterocycles. The summed E-state index contributed by atoms with van der Waals surface area (Å²) in [7, 11) is 0. The Morgan fingerprint density at radius 3 is 2.74 bits per heavy atom. The van der Waals surface area contributed by atoms with Crippen molar-refractivity contribution in [2.24, 2.45) is 5.92 Å². The zero-order valence-electron chi connectivity index (χ0n) is 15.7. The highest BCUT2D eigenvalue weighted by molar-refractivity contribution is 7.13. The lowest BCUT2D eigenvalue weighted by atomic mass is 9.86. The maximum Gasteiger partial charge on any atom is 0.266 e. The van der Waals surface area contributed by atoms with Gasteiger partial charge in [-0.3, -0.25) is 9.59 Å². The molecule has 27 heavy (non-hydrogen) atoms. The van der Waals surface area contributed by atoms with Crippen molar-refractivity contribution in [3.05, 3.63) is 40.0 Å². The van der Waals surface area contributed by atoms with Gasteiger partial charge in [-0.15, -0.1) is 11.3 Å². The fourth-order valence-corrected chi connectivity index (χ4v) is 5.13. The average Bonchev–Trinajstić information content (AvgIpc) is 3.36. The molecule has 6 heteroatoms. The zero-order valence-corrected chi connectivity index (χ0v) is 16.5. The van der Waals surface area contributed by atoms with Crippen LogP contribution < -0.4 is 5.56 Å². The third kappa shape index (κ3) is 4.32. The Balaban J connectivity index is 1.45. The third-order valence-electron chi connectivity index (χ3n) is 5.91. The predicted octanol–water partition coefficient (Wildman–Crippen LogP) is 3.93.